The molecule has 34 heavy (non-hydrogen) atoms. The number of benzene rings is 3. The number of nitrogens with zero attached hydrogens (tertiary/aromatic N) is 1. The van der Waals surface area contributed by atoms with Gasteiger partial charge in [0.15, 0.2) is 10.1 Å². The van der Waals surface area contributed by atoms with Crippen LogP contribution >= 0.6 is 18.9 Å². The van der Waals surface area contributed by atoms with Gasteiger partial charge in [0.1, 0.15) is 33.6 Å². The first kappa shape index (κ1) is 25.8. The number of hydrogen-bond donors (Lipinski definition) is 0. The molecule has 0 fully saturated rings. The maximum absolute atomic E-state index is 10.7. The van der Waals surface area contributed by atoms with E-state index in [4.69, 9.17) is 24.6 Å². The van der Waals surface area contributed by atoms with Gasteiger partial charge in [0.25, 0.3) is 0 Å². The van der Waals surface area contributed by atoms with Crippen molar-refractivity contribution < 1.29 is 26.1 Å². The van der Waals surface area contributed by atoms with Crippen LogP contribution in [0.1, 0.15) is 0 Å². The van der Waals surface area contributed by atoms with Gasteiger partial charge in [-0.2, -0.15) is 13.2 Å². The normalized spacial score (nSPS) is 11.9. The molecule has 4 rings (SSSR count). The van der Waals surface area contributed by atoms with Crippen molar-refractivity contribution in [1.29, 1.82) is 0 Å². The van der Waals surface area contributed by atoms with Crippen molar-refractivity contribution in [3.05, 3.63) is 114 Å². The smallest absolute Gasteiger partial charge is 0.485 e. The number of alkyl halides is 3. The van der Waals surface area contributed by atoms with E-state index < -0.39 is 22.9 Å². The summed E-state index contributed by atoms with van der Waals surface area (Å²) in [5, 5.41) is 5.65. The van der Waals surface area contributed by atoms with Gasteiger partial charge in [-0.1, -0.05) is 66.2 Å². The Morgan fingerprint density at radius 1 is 0.706 bits per heavy atom. The molecule has 0 atom stereocenters. The number of halogens is 4. The minimum absolute atomic E-state index is 0.523. The third-order valence-electron chi connectivity index (χ3n) is 4.81. The summed E-state index contributed by atoms with van der Waals surface area (Å²) in [6, 6.07) is 36.3. The molecule has 4 aromatic rings. The first-order valence-corrected chi connectivity index (χ1v) is 13.3. The lowest BCUT2D eigenvalue weighted by Crippen LogP contribution is -2.38. The van der Waals surface area contributed by atoms with Gasteiger partial charge in [-0.15, -0.1) is 0 Å². The Morgan fingerprint density at radius 2 is 1.06 bits per heavy atom. The summed E-state index contributed by atoms with van der Waals surface area (Å²) >= 11 is 6.32. The fraction of sp³-hybridized carbons (Fsp3) is 0.0417. The second kappa shape index (κ2) is 10.7. The van der Waals surface area contributed by atoms with Crippen molar-refractivity contribution in [1.82, 2.24) is 4.98 Å². The number of rotatable bonds is 4. The summed E-state index contributed by atoms with van der Waals surface area (Å²) in [5.74, 6) is 0. The van der Waals surface area contributed by atoms with E-state index in [-0.39, 0.29) is 0 Å². The fourth-order valence-electron chi connectivity index (χ4n) is 3.45. The third kappa shape index (κ3) is 5.65. The van der Waals surface area contributed by atoms with Crippen molar-refractivity contribution in [3.63, 3.8) is 0 Å². The molecule has 4 nitrogen and oxygen atoms in total. The zero-order valence-electron chi connectivity index (χ0n) is 17.4. The molecule has 0 unspecified atom stereocenters. The topological polar surface area (TPSA) is 70.1 Å². The van der Waals surface area contributed by atoms with Gasteiger partial charge in [-0.25, -0.2) is 13.4 Å². The Kier molecular flexibility index (Phi) is 8.10. The minimum Gasteiger partial charge on any atom is -0.741 e. The largest absolute Gasteiger partial charge is 0.741 e. The summed E-state index contributed by atoms with van der Waals surface area (Å²) in [6.07, 6.45) is 1.81. The molecule has 176 valence electrons. The van der Waals surface area contributed by atoms with E-state index in [0.717, 1.165) is 0 Å². The second-order valence-electron chi connectivity index (χ2n) is 6.91. The van der Waals surface area contributed by atoms with E-state index in [1.807, 2.05) is 6.07 Å². The summed E-state index contributed by atoms with van der Waals surface area (Å²) in [4.78, 5) is 4.22. The quantitative estimate of drug-likeness (QED) is 0.172. The van der Waals surface area contributed by atoms with Crippen LogP contribution in [0.15, 0.2) is 109 Å². The first-order chi connectivity index (χ1) is 16.1. The summed E-state index contributed by atoms with van der Waals surface area (Å²) in [6.45, 7) is 0. The van der Waals surface area contributed by atoms with Crippen molar-refractivity contribution >= 4 is 50.2 Å². The Labute approximate surface area is 201 Å². The number of pyridine rings is 1. The molecule has 1 aromatic heterocycles. The molecule has 0 aliphatic carbocycles. The molecule has 10 heteroatoms. The molecule has 0 amide bonds. The molecule has 1 heterocycles. The molecule has 0 spiro atoms. The van der Waals surface area contributed by atoms with E-state index in [0.29, 0.717) is 5.15 Å². The molecular weight excluding hydrogens is 506 g/mol. The highest BCUT2D eigenvalue weighted by Gasteiger charge is 2.47. The summed E-state index contributed by atoms with van der Waals surface area (Å²) in [5.41, 5.74) is -5.65. The Morgan fingerprint density at radius 3 is 1.35 bits per heavy atom. The predicted octanol–water partition coefficient (Wildman–Crippen LogP) is 4.41. The van der Waals surface area contributed by atoms with Crippen LogP contribution in [0.25, 0.3) is 0 Å². The average Bonchev–Trinajstić information content (AvgIpc) is 2.81. The zero-order chi connectivity index (χ0) is 24.8. The van der Waals surface area contributed by atoms with Crippen LogP contribution in [0.4, 0.5) is 13.2 Å². The van der Waals surface area contributed by atoms with Gasteiger partial charge >= 0.3 is 5.51 Å². The Hall–Kier alpha value is -2.77. The van der Waals surface area contributed by atoms with Crippen LogP contribution in [0.2, 0.25) is 5.15 Å². The van der Waals surface area contributed by atoms with Crippen LogP contribution in [-0.2, 0) is 10.1 Å². The lowest BCUT2D eigenvalue weighted by Gasteiger charge is -2.27. The van der Waals surface area contributed by atoms with Crippen LogP contribution in [0, 0.1) is 0 Å². The van der Waals surface area contributed by atoms with Crippen molar-refractivity contribution in [3.8, 4) is 0 Å². The molecule has 0 aliphatic rings. The lowest BCUT2D eigenvalue weighted by atomic mass is 10.3. The van der Waals surface area contributed by atoms with Gasteiger partial charge in [0, 0.05) is 18.3 Å². The first-order valence-electron chi connectivity index (χ1n) is 9.77. The third-order valence-corrected chi connectivity index (χ3v) is 9.86. The number of hydrogen-bond acceptors (Lipinski definition) is 4. The van der Waals surface area contributed by atoms with Crippen molar-refractivity contribution in [2.24, 2.45) is 0 Å². The van der Waals surface area contributed by atoms with Gasteiger partial charge < -0.3 is 4.55 Å². The molecule has 3 aromatic carbocycles. The molecule has 0 radical (unpaired) electrons. The van der Waals surface area contributed by atoms with Crippen LogP contribution in [-0.4, -0.2) is 23.5 Å². The van der Waals surface area contributed by atoms with E-state index >= 15 is 0 Å². The monoisotopic (exact) mass is 523 g/mol. The standard InChI is InChI=1S/C23H18ClNP.CHF3O3S/c24-23-18-22(16-17-25-23)26(19-10-4-1-5-11-19,20-12-6-2-7-13-20)21-14-8-3-9-15-21;2-1(3,4)8(5,6)7/h1-18H;(H,5,6,7)/q+1;/p-1. The highest BCUT2D eigenvalue weighted by molar-refractivity contribution is 8.01. The van der Waals surface area contributed by atoms with Crippen LogP contribution in [0.5, 0.6) is 0 Å². The van der Waals surface area contributed by atoms with Crippen LogP contribution < -0.4 is 21.2 Å². The van der Waals surface area contributed by atoms with E-state index in [1.165, 1.54) is 21.2 Å². The molecule has 0 bridgehead atoms. The van der Waals surface area contributed by atoms with Gasteiger partial charge in [-0.3, -0.25) is 0 Å². The maximum atomic E-state index is 10.7. The number of aromatic nitrogens is 1. The molecule has 0 aliphatic heterocycles. The fourth-order valence-corrected chi connectivity index (χ4v) is 7.95. The minimum atomic E-state index is -6.09. The van der Waals surface area contributed by atoms with Gasteiger partial charge in [0.05, 0.1) is 0 Å². The molecule has 0 saturated carbocycles. The van der Waals surface area contributed by atoms with Crippen LogP contribution in [0.3, 0.4) is 0 Å². The highest BCUT2D eigenvalue weighted by atomic mass is 35.5. The molecule has 0 saturated heterocycles. The molecular formula is C24H18ClF3NO3PS. The predicted molar refractivity (Wildman–Crippen MR) is 130 cm³/mol. The highest BCUT2D eigenvalue weighted by Crippen LogP contribution is 2.54. The zero-order valence-corrected chi connectivity index (χ0v) is 19.9. The second-order valence-corrected chi connectivity index (χ2v) is 12.1. The van der Waals surface area contributed by atoms with Crippen molar-refractivity contribution in [2.75, 3.05) is 0 Å². The SMILES string of the molecule is Clc1cc([P+](c2ccccc2)(c2ccccc2)c2ccccc2)ccn1.O=S(=O)([O-])C(F)(F)F. The van der Waals surface area contributed by atoms with Gasteiger partial charge in [0.2, 0.25) is 0 Å². The van der Waals surface area contributed by atoms with Crippen molar-refractivity contribution in [2.45, 2.75) is 5.51 Å². The maximum Gasteiger partial charge on any atom is 0.485 e. The average molecular weight is 524 g/mol. The van der Waals surface area contributed by atoms with Gasteiger partial charge in [-0.05, 0) is 36.4 Å². The summed E-state index contributed by atoms with van der Waals surface area (Å²) in [7, 11) is -8.15. The van der Waals surface area contributed by atoms with E-state index in [1.54, 1.807) is 6.20 Å². The van der Waals surface area contributed by atoms with E-state index in [9.17, 15) is 13.2 Å². The summed E-state index contributed by atoms with van der Waals surface area (Å²) < 4.78 is 58.9. The lowest BCUT2D eigenvalue weighted by molar-refractivity contribution is -0.0517. The molecule has 0 N–H and O–H groups in total. The van der Waals surface area contributed by atoms with E-state index in [2.05, 4.69) is 102 Å². The Balaban J connectivity index is 0.000000350. The Bertz CT molecular complexity index is 1230.